The number of nitrogens with zero attached hydrogens (tertiary/aromatic N) is 3. The van der Waals surface area contributed by atoms with Crippen LogP contribution in [-0.4, -0.2) is 20.8 Å². The minimum absolute atomic E-state index is 0.0384. The first kappa shape index (κ1) is 17.2. The number of hydrogen-bond acceptors (Lipinski definition) is 6. The molecule has 1 aliphatic heterocycles. The van der Waals surface area contributed by atoms with Gasteiger partial charge in [-0.15, -0.1) is 0 Å². The lowest BCUT2D eigenvalue weighted by molar-refractivity contribution is -0.386. The second-order valence-electron chi connectivity index (χ2n) is 5.73. The maximum Gasteiger partial charge on any atom is 0.359 e. The summed E-state index contributed by atoms with van der Waals surface area (Å²) in [4.78, 5) is 24.6. The van der Waals surface area contributed by atoms with Gasteiger partial charge in [-0.25, -0.2) is 4.39 Å². The summed E-state index contributed by atoms with van der Waals surface area (Å²) in [5.74, 6) is -2.72. The van der Waals surface area contributed by atoms with E-state index in [1.54, 1.807) is 30.3 Å². The Kier molecular flexibility index (Phi) is 4.21. The van der Waals surface area contributed by atoms with Crippen LogP contribution in [0.1, 0.15) is 11.1 Å². The molecule has 26 heavy (non-hydrogen) atoms. The van der Waals surface area contributed by atoms with E-state index in [-0.39, 0.29) is 12.0 Å². The summed E-state index contributed by atoms with van der Waals surface area (Å²) in [6, 6.07) is 10.7. The molecule has 0 aliphatic carbocycles. The molecule has 1 unspecified atom stereocenters. The van der Waals surface area contributed by atoms with Gasteiger partial charge in [0, 0.05) is 24.1 Å². The number of phenols is 1. The molecule has 9 heteroatoms. The quantitative estimate of drug-likeness (QED) is 0.666. The van der Waals surface area contributed by atoms with Crippen molar-refractivity contribution in [3.8, 4) is 5.75 Å². The van der Waals surface area contributed by atoms with Crippen molar-refractivity contribution in [2.75, 3.05) is 0 Å². The highest BCUT2D eigenvalue weighted by atomic mass is 19.1. The summed E-state index contributed by atoms with van der Waals surface area (Å²) in [7, 11) is 0. The molecule has 0 fully saturated rings. The number of benzene rings is 2. The zero-order chi connectivity index (χ0) is 18.9. The molecule has 2 aromatic carbocycles. The fourth-order valence-corrected chi connectivity index (χ4v) is 2.84. The van der Waals surface area contributed by atoms with Crippen LogP contribution >= 0.6 is 0 Å². The van der Waals surface area contributed by atoms with Crippen molar-refractivity contribution < 1.29 is 19.3 Å². The monoisotopic (exact) mass is 357 g/mol. The summed E-state index contributed by atoms with van der Waals surface area (Å²) in [5, 5.41) is 31.7. The predicted molar refractivity (Wildman–Crippen MR) is 90.1 cm³/mol. The summed E-state index contributed by atoms with van der Waals surface area (Å²) in [6.45, 7) is 0. The molecule has 0 spiro atoms. The molecule has 1 N–H and O–H groups in total. The second kappa shape index (κ2) is 6.36. The largest absolute Gasteiger partial charge is 0.500 e. The average Bonchev–Trinajstić information content (AvgIpc) is 3.03. The van der Waals surface area contributed by atoms with E-state index in [2.05, 4.69) is 4.99 Å². The molecule has 3 rings (SSSR count). The fourth-order valence-electron chi connectivity index (χ4n) is 2.84. The topological polar surface area (TPSA) is 119 Å². The van der Waals surface area contributed by atoms with Crippen molar-refractivity contribution in [3.05, 3.63) is 91.8 Å². The van der Waals surface area contributed by atoms with Crippen molar-refractivity contribution in [1.82, 2.24) is 0 Å². The number of hydrogen-bond donors (Lipinski definition) is 1. The molecule has 0 radical (unpaired) electrons. The highest BCUT2D eigenvalue weighted by molar-refractivity contribution is 5.89. The Morgan fingerprint density at radius 3 is 2.38 bits per heavy atom. The molecule has 0 aromatic heterocycles. The van der Waals surface area contributed by atoms with E-state index in [9.17, 15) is 29.7 Å². The Hall–Kier alpha value is -3.62. The highest BCUT2D eigenvalue weighted by Gasteiger charge is 2.43. The first-order chi connectivity index (χ1) is 12.3. The molecule has 1 atom stereocenters. The molecule has 1 heterocycles. The van der Waals surface area contributed by atoms with Gasteiger partial charge >= 0.3 is 11.5 Å². The Morgan fingerprint density at radius 2 is 1.81 bits per heavy atom. The number of rotatable bonds is 4. The molecule has 0 amide bonds. The lowest BCUT2D eigenvalue weighted by Gasteiger charge is -2.20. The van der Waals surface area contributed by atoms with Gasteiger partial charge in [0.05, 0.1) is 4.92 Å². The predicted octanol–water partition coefficient (Wildman–Crippen LogP) is 3.12. The number of nitro groups is 2. The first-order valence-corrected chi connectivity index (χ1v) is 7.47. The van der Waals surface area contributed by atoms with Crippen molar-refractivity contribution in [3.63, 3.8) is 0 Å². The third-order valence-electron chi connectivity index (χ3n) is 4.07. The molecule has 0 bridgehead atoms. The van der Waals surface area contributed by atoms with E-state index in [4.69, 9.17) is 0 Å². The van der Waals surface area contributed by atoms with Crippen LogP contribution in [0.5, 0.6) is 5.75 Å². The zero-order valence-electron chi connectivity index (χ0n) is 13.2. The van der Waals surface area contributed by atoms with Crippen molar-refractivity contribution in [2.45, 2.75) is 12.0 Å². The van der Waals surface area contributed by atoms with Crippen LogP contribution in [0.2, 0.25) is 0 Å². The molecular formula is C17H12FN3O5. The van der Waals surface area contributed by atoms with Crippen molar-refractivity contribution in [1.29, 1.82) is 0 Å². The minimum atomic E-state index is -1.39. The van der Waals surface area contributed by atoms with Crippen LogP contribution in [0.3, 0.4) is 0 Å². The molecule has 0 saturated heterocycles. The minimum Gasteiger partial charge on any atom is -0.500 e. The summed E-state index contributed by atoms with van der Waals surface area (Å²) >= 11 is 0. The Bertz CT molecular complexity index is 958. The third kappa shape index (κ3) is 3.02. The maximum atomic E-state index is 14.1. The standard InChI is InChI=1S/C17H12FN3O5/c18-13-8-12(9-14(16(13)22)20(23)24)17(7-6-15(19-17)21(25)26)10-11-4-2-1-3-5-11/h1-9,22H,10H2. The molecule has 0 saturated carbocycles. The highest BCUT2D eigenvalue weighted by Crippen LogP contribution is 2.40. The zero-order valence-corrected chi connectivity index (χ0v) is 13.2. The van der Waals surface area contributed by atoms with Gasteiger partial charge in [0.1, 0.15) is 0 Å². The van der Waals surface area contributed by atoms with Gasteiger partial charge in [-0.05, 0) is 22.6 Å². The van der Waals surface area contributed by atoms with Gasteiger partial charge in [-0.1, -0.05) is 35.3 Å². The van der Waals surface area contributed by atoms with E-state index < -0.39 is 38.5 Å². The van der Waals surface area contributed by atoms with Gasteiger partial charge in [0.25, 0.3) is 0 Å². The van der Waals surface area contributed by atoms with E-state index in [1.165, 1.54) is 12.2 Å². The summed E-state index contributed by atoms with van der Waals surface area (Å²) in [6.07, 6.45) is 2.72. The van der Waals surface area contributed by atoms with Gasteiger partial charge in [0.15, 0.2) is 11.4 Å². The summed E-state index contributed by atoms with van der Waals surface area (Å²) < 4.78 is 14.1. The Balaban J connectivity index is 2.19. The number of halogens is 1. The van der Waals surface area contributed by atoms with Crippen LogP contribution < -0.4 is 0 Å². The number of nitro benzene ring substituents is 1. The van der Waals surface area contributed by atoms with E-state index in [0.717, 1.165) is 17.7 Å². The number of amidine groups is 1. The lowest BCUT2D eigenvalue weighted by Crippen LogP contribution is -2.24. The van der Waals surface area contributed by atoms with Crippen LogP contribution in [0, 0.1) is 26.0 Å². The lowest BCUT2D eigenvalue weighted by atomic mass is 9.84. The second-order valence-corrected chi connectivity index (χ2v) is 5.73. The van der Waals surface area contributed by atoms with Crippen molar-refractivity contribution >= 4 is 11.5 Å². The van der Waals surface area contributed by atoms with Gasteiger partial charge < -0.3 is 15.2 Å². The molecule has 8 nitrogen and oxygen atoms in total. The Morgan fingerprint density at radius 1 is 1.12 bits per heavy atom. The van der Waals surface area contributed by atoms with Crippen molar-refractivity contribution in [2.24, 2.45) is 4.99 Å². The molecule has 2 aromatic rings. The molecule has 132 valence electrons. The fraction of sp³-hybridized carbons (Fsp3) is 0.118. The van der Waals surface area contributed by atoms with Gasteiger partial charge in [-0.3, -0.25) is 10.1 Å². The molecule has 1 aliphatic rings. The van der Waals surface area contributed by atoms with Crippen LogP contribution in [0.15, 0.2) is 59.6 Å². The van der Waals surface area contributed by atoms with E-state index >= 15 is 0 Å². The number of aromatic hydroxyl groups is 1. The third-order valence-corrected chi connectivity index (χ3v) is 4.07. The summed E-state index contributed by atoms with van der Waals surface area (Å²) in [5.41, 5.74) is -1.42. The van der Waals surface area contributed by atoms with Gasteiger partial charge in [0.2, 0.25) is 5.75 Å². The van der Waals surface area contributed by atoms with E-state index in [1.807, 2.05) is 0 Å². The Labute approximate surface area is 146 Å². The number of aliphatic imine (C=N–C) groups is 1. The van der Waals surface area contributed by atoms with Gasteiger partial charge in [-0.2, -0.15) is 0 Å². The smallest absolute Gasteiger partial charge is 0.359 e. The van der Waals surface area contributed by atoms with Crippen LogP contribution in [0.4, 0.5) is 10.1 Å². The first-order valence-electron chi connectivity index (χ1n) is 7.47. The van der Waals surface area contributed by atoms with Crippen LogP contribution in [0.25, 0.3) is 0 Å². The maximum absolute atomic E-state index is 14.1. The SMILES string of the molecule is O=[N+]([O-])C1=NC(Cc2ccccc2)(c2cc(F)c(O)c([N+](=O)[O-])c2)C=C1. The van der Waals surface area contributed by atoms with E-state index in [0.29, 0.717) is 0 Å². The van der Waals surface area contributed by atoms with Crippen LogP contribution in [-0.2, 0) is 12.0 Å². The average molecular weight is 357 g/mol. The number of phenolic OH excluding ortho intramolecular Hbond substituents is 1. The molecular weight excluding hydrogens is 345 g/mol. The normalized spacial score (nSPS) is 18.6.